The number of rotatable bonds is 6. The second-order valence-electron chi connectivity index (χ2n) is 7.26. The zero-order chi connectivity index (χ0) is 19.2. The standard InChI is InChI=1S/C20H30N6O.HI/c1-3-22-20(26-11-5-7-16(13-26)12-18(21)27)23-9-8-17-14-25-10-4-6-15(2)19(25)24-17;/h4,6,10,14,16H,3,5,7-9,11-13H2,1-2H3,(H2,21,27)(H,22,23);1H. The number of halogens is 1. The van der Waals surface area contributed by atoms with Gasteiger partial charge in [-0.15, -0.1) is 24.0 Å². The molecular formula is C20H31IN6O. The minimum atomic E-state index is -0.217. The van der Waals surface area contributed by atoms with Crippen LogP contribution in [0.15, 0.2) is 29.5 Å². The molecule has 0 radical (unpaired) electrons. The number of nitrogens with zero attached hydrogens (tertiary/aromatic N) is 4. The number of guanidine groups is 1. The Hall–Kier alpha value is -1.84. The number of primary amides is 1. The molecule has 0 bridgehead atoms. The molecule has 28 heavy (non-hydrogen) atoms. The van der Waals surface area contributed by atoms with Crippen LogP contribution in [0.3, 0.4) is 0 Å². The van der Waals surface area contributed by atoms with E-state index in [1.54, 1.807) is 0 Å². The number of hydrogen-bond donors (Lipinski definition) is 2. The Morgan fingerprint density at radius 2 is 2.29 bits per heavy atom. The number of carbonyl (C=O) groups is 1. The number of likely N-dealkylation sites (tertiary alicyclic amines) is 1. The Bertz CT molecular complexity index is 818. The van der Waals surface area contributed by atoms with Gasteiger partial charge in [0, 0.05) is 51.4 Å². The van der Waals surface area contributed by atoms with Gasteiger partial charge in [0.15, 0.2) is 5.96 Å². The molecular weight excluding hydrogens is 467 g/mol. The highest BCUT2D eigenvalue weighted by Crippen LogP contribution is 2.19. The molecule has 0 spiro atoms. The molecule has 0 aromatic carbocycles. The summed E-state index contributed by atoms with van der Waals surface area (Å²) in [5.41, 5.74) is 8.61. The SMILES string of the molecule is CCNC(=NCCc1cn2cccc(C)c2n1)N1CCCC(CC(N)=O)C1.I. The summed E-state index contributed by atoms with van der Waals surface area (Å²) in [4.78, 5) is 23.0. The Labute approximate surface area is 183 Å². The molecule has 7 nitrogen and oxygen atoms in total. The molecule has 1 aliphatic rings. The number of aromatic nitrogens is 2. The molecule has 2 aromatic heterocycles. The molecule has 0 aliphatic carbocycles. The van der Waals surface area contributed by atoms with Crippen molar-refractivity contribution in [3.63, 3.8) is 0 Å². The lowest BCUT2D eigenvalue weighted by molar-refractivity contribution is -0.119. The topological polar surface area (TPSA) is 88.0 Å². The minimum absolute atomic E-state index is 0. The number of pyridine rings is 1. The number of fused-ring (bicyclic) bond motifs is 1. The van der Waals surface area contributed by atoms with Crippen LogP contribution in [-0.2, 0) is 11.2 Å². The lowest BCUT2D eigenvalue weighted by Crippen LogP contribution is -2.47. The van der Waals surface area contributed by atoms with E-state index in [1.807, 2.05) is 12.3 Å². The van der Waals surface area contributed by atoms with E-state index >= 15 is 0 Å². The zero-order valence-corrected chi connectivity index (χ0v) is 19.1. The van der Waals surface area contributed by atoms with E-state index in [1.165, 1.54) is 5.56 Å². The third kappa shape index (κ3) is 5.83. The predicted octanol–water partition coefficient (Wildman–Crippen LogP) is 2.36. The Morgan fingerprint density at radius 1 is 1.46 bits per heavy atom. The predicted molar refractivity (Wildman–Crippen MR) is 123 cm³/mol. The molecule has 3 N–H and O–H groups in total. The summed E-state index contributed by atoms with van der Waals surface area (Å²) in [5, 5.41) is 3.38. The van der Waals surface area contributed by atoms with Gasteiger partial charge in [-0.25, -0.2) is 4.98 Å². The van der Waals surface area contributed by atoms with E-state index in [2.05, 4.69) is 40.7 Å². The molecule has 1 saturated heterocycles. The number of aryl methyl sites for hydroxylation is 1. The van der Waals surface area contributed by atoms with Gasteiger partial charge in [-0.2, -0.15) is 0 Å². The number of imidazole rings is 1. The second kappa shape index (κ2) is 10.6. The first-order chi connectivity index (χ1) is 13.1. The summed E-state index contributed by atoms with van der Waals surface area (Å²) < 4.78 is 2.07. The van der Waals surface area contributed by atoms with Crippen LogP contribution in [0.1, 0.15) is 37.4 Å². The molecule has 0 saturated carbocycles. The number of amides is 1. The maximum atomic E-state index is 11.2. The highest BCUT2D eigenvalue weighted by Gasteiger charge is 2.23. The molecule has 1 amide bonds. The molecule has 8 heteroatoms. The number of nitrogens with two attached hydrogens (primary N) is 1. The van der Waals surface area contributed by atoms with Crippen LogP contribution in [0, 0.1) is 12.8 Å². The van der Waals surface area contributed by atoms with Gasteiger partial charge in [-0.3, -0.25) is 9.79 Å². The highest BCUT2D eigenvalue weighted by molar-refractivity contribution is 14.0. The van der Waals surface area contributed by atoms with Crippen molar-refractivity contribution in [3.8, 4) is 0 Å². The van der Waals surface area contributed by atoms with Gasteiger partial charge in [0.1, 0.15) is 5.65 Å². The number of piperidine rings is 1. The Balaban J connectivity index is 0.00000280. The van der Waals surface area contributed by atoms with Crippen LogP contribution in [0.25, 0.3) is 5.65 Å². The fraction of sp³-hybridized carbons (Fsp3) is 0.550. The molecule has 2 aromatic rings. The maximum Gasteiger partial charge on any atom is 0.217 e. The summed E-state index contributed by atoms with van der Waals surface area (Å²) >= 11 is 0. The van der Waals surface area contributed by atoms with E-state index < -0.39 is 0 Å². The smallest absolute Gasteiger partial charge is 0.217 e. The van der Waals surface area contributed by atoms with Crippen molar-refractivity contribution in [1.82, 2.24) is 19.6 Å². The van der Waals surface area contributed by atoms with Crippen LogP contribution in [0.5, 0.6) is 0 Å². The molecule has 3 heterocycles. The van der Waals surface area contributed by atoms with Gasteiger partial charge in [-0.05, 0) is 44.2 Å². The van der Waals surface area contributed by atoms with Crippen LogP contribution >= 0.6 is 24.0 Å². The van der Waals surface area contributed by atoms with Gasteiger partial charge in [-0.1, -0.05) is 6.07 Å². The van der Waals surface area contributed by atoms with E-state index in [4.69, 9.17) is 15.7 Å². The average molecular weight is 498 g/mol. The normalized spacial score (nSPS) is 17.4. The summed E-state index contributed by atoms with van der Waals surface area (Å²) in [6, 6.07) is 4.11. The van der Waals surface area contributed by atoms with Gasteiger partial charge in [0.25, 0.3) is 0 Å². The number of hydrogen-bond acceptors (Lipinski definition) is 3. The van der Waals surface area contributed by atoms with Crippen LogP contribution in [0.2, 0.25) is 0 Å². The van der Waals surface area contributed by atoms with Crippen molar-refractivity contribution < 1.29 is 4.79 Å². The largest absolute Gasteiger partial charge is 0.370 e. The number of aliphatic imine (C=N–C) groups is 1. The highest BCUT2D eigenvalue weighted by atomic mass is 127. The lowest BCUT2D eigenvalue weighted by atomic mass is 9.95. The molecule has 1 fully saturated rings. The maximum absolute atomic E-state index is 11.2. The number of carbonyl (C=O) groups excluding carboxylic acids is 1. The fourth-order valence-corrected chi connectivity index (χ4v) is 3.74. The van der Waals surface area contributed by atoms with Crippen LogP contribution in [0.4, 0.5) is 0 Å². The van der Waals surface area contributed by atoms with Crippen molar-refractivity contribution >= 4 is 41.5 Å². The zero-order valence-electron chi connectivity index (χ0n) is 16.7. The quantitative estimate of drug-likeness (QED) is 0.364. The van der Waals surface area contributed by atoms with E-state index in [0.717, 1.165) is 56.2 Å². The van der Waals surface area contributed by atoms with Crippen molar-refractivity contribution in [2.75, 3.05) is 26.2 Å². The van der Waals surface area contributed by atoms with Crippen LogP contribution in [-0.4, -0.2) is 52.3 Å². The first kappa shape index (κ1) is 22.4. The van der Waals surface area contributed by atoms with Gasteiger partial charge >= 0.3 is 0 Å². The van der Waals surface area contributed by atoms with Crippen molar-refractivity contribution in [1.29, 1.82) is 0 Å². The third-order valence-corrected chi connectivity index (χ3v) is 5.00. The second-order valence-corrected chi connectivity index (χ2v) is 7.26. The van der Waals surface area contributed by atoms with Gasteiger partial charge in [0.2, 0.25) is 5.91 Å². The summed E-state index contributed by atoms with van der Waals surface area (Å²) in [7, 11) is 0. The van der Waals surface area contributed by atoms with E-state index in [0.29, 0.717) is 18.9 Å². The molecule has 1 unspecified atom stereocenters. The first-order valence-electron chi connectivity index (χ1n) is 9.81. The Kier molecular flexibility index (Phi) is 8.53. The summed E-state index contributed by atoms with van der Waals surface area (Å²) in [6.07, 6.45) is 7.48. The number of nitrogens with one attached hydrogen (secondary N) is 1. The fourth-order valence-electron chi connectivity index (χ4n) is 3.74. The van der Waals surface area contributed by atoms with E-state index in [-0.39, 0.29) is 29.9 Å². The van der Waals surface area contributed by atoms with Gasteiger partial charge < -0.3 is 20.4 Å². The Morgan fingerprint density at radius 3 is 3.00 bits per heavy atom. The van der Waals surface area contributed by atoms with Crippen molar-refractivity contribution in [2.24, 2.45) is 16.6 Å². The molecule has 1 atom stereocenters. The lowest BCUT2D eigenvalue weighted by Gasteiger charge is -2.34. The molecule has 154 valence electrons. The monoisotopic (exact) mass is 498 g/mol. The van der Waals surface area contributed by atoms with Gasteiger partial charge in [0.05, 0.1) is 5.69 Å². The third-order valence-electron chi connectivity index (χ3n) is 5.00. The van der Waals surface area contributed by atoms with Crippen molar-refractivity contribution in [2.45, 2.75) is 39.5 Å². The molecule has 1 aliphatic heterocycles. The average Bonchev–Trinajstić information content (AvgIpc) is 3.05. The summed E-state index contributed by atoms with van der Waals surface area (Å²) in [6.45, 7) is 7.46. The van der Waals surface area contributed by atoms with E-state index in [9.17, 15) is 4.79 Å². The first-order valence-corrected chi connectivity index (χ1v) is 9.81. The van der Waals surface area contributed by atoms with Crippen LogP contribution < -0.4 is 11.1 Å². The minimum Gasteiger partial charge on any atom is -0.370 e. The summed E-state index contributed by atoms with van der Waals surface area (Å²) in [5.74, 6) is 1.03. The molecule has 3 rings (SSSR count). The van der Waals surface area contributed by atoms with Crippen molar-refractivity contribution in [3.05, 3.63) is 35.8 Å².